The molecule has 4 N–H and O–H groups in total. The standard InChI is InChI=1S/C28H34N6O3S/c29-27-11-5-16-33(27)18-13-25(31-38(36,37)26-10-4-9-24-23(26)12-14-30-24)28(35)34-17-6-15-32(19-20-34)21-22-7-2-1-3-8-22/h1-5,7-12,14,16,25,30-31H,6,13,15,17-21,29H2. The van der Waals surface area contributed by atoms with E-state index in [0.29, 0.717) is 30.8 Å². The molecule has 0 bridgehead atoms. The van der Waals surface area contributed by atoms with Gasteiger partial charge in [0.25, 0.3) is 0 Å². The Morgan fingerprint density at radius 1 is 0.974 bits per heavy atom. The van der Waals surface area contributed by atoms with Crippen molar-refractivity contribution in [1.82, 2.24) is 24.1 Å². The monoisotopic (exact) mass is 534 g/mol. The lowest BCUT2D eigenvalue weighted by Gasteiger charge is -2.27. The highest BCUT2D eigenvalue weighted by Crippen LogP contribution is 2.23. The zero-order valence-electron chi connectivity index (χ0n) is 21.3. The van der Waals surface area contributed by atoms with E-state index in [-0.39, 0.29) is 17.2 Å². The van der Waals surface area contributed by atoms with E-state index in [0.717, 1.165) is 31.6 Å². The molecule has 3 heterocycles. The van der Waals surface area contributed by atoms with Gasteiger partial charge in [-0.15, -0.1) is 0 Å². The molecular weight excluding hydrogens is 500 g/mol. The minimum absolute atomic E-state index is 0.152. The summed E-state index contributed by atoms with van der Waals surface area (Å²) in [5, 5.41) is 0.590. The number of amides is 1. The number of aryl methyl sites for hydroxylation is 1. The van der Waals surface area contributed by atoms with E-state index in [1.54, 1.807) is 35.4 Å². The molecule has 1 fully saturated rings. The van der Waals surface area contributed by atoms with Crippen LogP contribution in [-0.2, 0) is 27.9 Å². The molecule has 9 nitrogen and oxygen atoms in total. The molecule has 5 rings (SSSR count). The molecule has 200 valence electrons. The van der Waals surface area contributed by atoms with E-state index in [1.807, 2.05) is 41.1 Å². The number of rotatable bonds is 9. The molecule has 0 radical (unpaired) electrons. The molecule has 0 saturated carbocycles. The van der Waals surface area contributed by atoms with Crippen LogP contribution in [0.1, 0.15) is 18.4 Å². The predicted molar refractivity (Wildman–Crippen MR) is 149 cm³/mol. The van der Waals surface area contributed by atoms with E-state index in [2.05, 4.69) is 26.7 Å². The molecule has 2 aromatic carbocycles. The maximum Gasteiger partial charge on any atom is 0.241 e. The smallest absolute Gasteiger partial charge is 0.241 e. The molecule has 1 unspecified atom stereocenters. The van der Waals surface area contributed by atoms with Crippen LogP contribution in [0.15, 0.2) is 84.0 Å². The third-order valence-corrected chi connectivity index (χ3v) is 8.64. The summed E-state index contributed by atoms with van der Waals surface area (Å²) in [6, 6.07) is 19.8. The average molecular weight is 535 g/mol. The van der Waals surface area contributed by atoms with Gasteiger partial charge in [0, 0.05) is 62.6 Å². The highest BCUT2D eigenvalue weighted by Gasteiger charge is 2.31. The summed E-state index contributed by atoms with van der Waals surface area (Å²) < 4.78 is 31.7. The molecule has 1 atom stereocenters. The third-order valence-electron chi connectivity index (χ3n) is 7.11. The van der Waals surface area contributed by atoms with Crippen LogP contribution >= 0.6 is 0 Å². The van der Waals surface area contributed by atoms with E-state index < -0.39 is 16.1 Å². The maximum atomic E-state index is 13.8. The van der Waals surface area contributed by atoms with Crippen molar-refractivity contribution in [3.63, 3.8) is 0 Å². The lowest BCUT2D eigenvalue weighted by Crippen LogP contribution is -2.49. The molecule has 10 heteroatoms. The molecule has 4 aromatic rings. The second-order valence-corrected chi connectivity index (χ2v) is 11.4. The van der Waals surface area contributed by atoms with Gasteiger partial charge in [-0.25, -0.2) is 8.42 Å². The van der Waals surface area contributed by atoms with Crippen molar-refractivity contribution in [3.8, 4) is 0 Å². The topological polar surface area (TPSA) is 116 Å². The number of aromatic nitrogens is 2. The van der Waals surface area contributed by atoms with Crippen molar-refractivity contribution in [2.24, 2.45) is 0 Å². The van der Waals surface area contributed by atoms with Gasteiger partial charge >= 0.3 is 0 Å². The number of nitrogens with one attached hydrogen (secondary N) is 2. The Morgan fingerprint density at radius 2 is 1.82 bits per heavy atom. The Balaban J connectivity index is 1.33. The zero-order valence-corrected chi connectivity index (χ0v) is 22.1. The predicted octanol–water partition coefficient (Wildman–Crippen LogP) is 3.02. The summed E-state index contributed by atoms with van der Waals surface area (Å²) >= 11 is 0. The quantitative estimate of drug-likeness (QED) is 0.305. The van der Waals surface area contributed by atoms with Crippen molar-refractivity contribution < 1.29 is 13.2 Å². The maximum absolute atomic E-state index is 13.8. The minimum Gasteiger partial charge on any atom is -0.385 e. The first-order chi connectivity index (χ1) is 18.4. The number of nitrogen functional groups attached to an aromatic ring is 1. The van der Waals surface area contributed by atoms with Crippen LogP contribution in [0, 0.1) is 0 Å². The highest BCUT2D eigenvalue weighted by molar-refractivity contribution is 7.89. The first kappa shape index (κ1) is 26.0. The molecule has 0 aliphatic carbocycles. The molecule has 1 saturated heterocycles. The average Bonchev–Trinajstić information content (AvgIpc) is 3.50. The van der Waals surface area contributed by atoms with Crippen LogP contribution in [0.4, 0.5) is 5.82 Å². The molecule has 38 heavy (non-hydrogen) atoms. The number of hydrogen-bond acceptors (Lipinski definition) is 5. The zero-order chi connectivity index (χ0) is 26.5. The van der Waals surface area contributed by atoms with Crippen molar-refractivity contribution in [3.05, 3.63) is 84.7 Å². The molecule has 0 spiro atoms. The van der Waals surface area contributed by atoms with Gasteiger partial charge in [0.2, 0.25) is 15.9 Å². The third kappa shape index (κ3) is 5.93. The first-order valence-electron chi connectivity index (χ1n) is 12.9. The molecule has 2 aromatic heterocycles. The summed E-state index contributed by atoms with van der Waals surface area (Å²) in [5.41, 5.74) is 7.99. The fraction of sp³-hybridized carbons (Fsp3) is 0.321. The van der Waals surface area contributed by atoms with Crippen molar-refractivity contribution in [2.75, 3.05) is 31.9 Å². The molecule has 1 aliphatic heterocycles. The number of H-pyrrole nitrogens is 1. The van der Waals surface area contributed by atoms with E-state index in [1.165, 1.54) is 5.56 Å². The first-order valence-corrected chi connectivity index (χ1v) is 14.4. The summed E-state index contributed by atoms with van der Waals surface area (Å²) in [4.78, 5) is 21.2. The fourth-order valence-electron chi connectivity index (χ4n) is 5.09. The van der Waals surface area contributed by atoms with Crippen LogP contribution in [0.2, 0.25) is 0 Å². The van der Waals surface area contributed by atoms with E-state index in [4.69, 9.17) is 5.73 Å². The van der Waals surface area contributed by atoms with Gasteiger partial charge in [0.1, 0.15) is 11.9 Å². The number of nitrogens with two attached hydrogens (primary N) is 1. The van der Waals surface area contributed by atoms with Gasteiger partial charge < -0.3 is 20.2 Å². The number of aromatic amines is 1. The molecule has 1 aliphatic rings. The normalized spacial score (nSPS) is 15.9. The van der Waals surface area contributed by atoms with Gasteiger partial charge in [-0.2, -0.15) is 4.72 Å². The number of carbonyl (C=O) groups is 1. The van der Waals surface area contributed by atoms with Crippen molar-refractivity contribution in [1.29, 1.82) is 0 Å². The highest BCUT2D eigenvalue weighted by atomic mass is 32.2. The van der Waals surface area contributed by atoms with Crippen molar-refractivity contribution in [2.45, 2.75) is 36.9 Å². The lowest BCUT2D eigenvalue weighted by molar-refractivity contribution is -0.133. The Morgan fingerprint density at radius 3 is 2.61 bits per heavy atom. The number of fused-ring (bicyclic) bond motifs is 1. The van der Waals surface area contributed by atoms with Gasteiger partial charge in [-0.3, -0.25) is 9.69 Å². The van der Waals surface area contributed by atoms with Crippen LogP contribution in [0.25, 0.3) is 10.9 Å². The summed E-state index contributed by atoms with van der Waals surface area (Å²) in [6.45, 7) is 3.98. The van der Waals surface area contributed by atoms with E-state index in [9.17, 15) is 13.2 Å². The van der Waals surface area contributed by atoms with Crippen LogP contribution < -0.4 is 10.5 Å². The summed E-state index contributed by atoms with van der Waals surface area (Å²) in [7, 11) is -3.97. The van der Waals surface area contributed by atoms with Gasteiger partial charge in [0.05, 0.1) is 4.90 Å². The Kier molecular flexibility index (Phi) is 7.82. The SMILES string of the molecule is Nc1cccn1CCC(NS(=O)(=O)c1cccc2[nH]ccc12)C(=O)N1CCCN(Cc2ccccc2)CC1. The molecule has 1 amide bonds. The van der Waals surface area contributed by atoms with Crippen molar-refractivity contribution >= 4 is 32.7 Å². The second-order valence-electron chi connectivity index (χ2n) is 9.72. The number of sulfonamides is 1. The van der Waals surface area contributed by atoms with Gasteiger partial charge in [-0.1, -0.05) is 36.4 Å². The molecular formula is C28H34N6O3S. The largest absolute Gasteiger partial charge is 0.385 e. The number of nitrogens with zero attached hydrogens (tertiary/aromatic N) is 3. The van der Waals surface area contributed by atoms with Gasteiger partial charge in [-0.05, 0) is 48.7 Å². The number of carbonyl (C=O) groups excluding carboxylic acids is 1. The summed E-state index contributed by atoms with van der Waals surface area (Å²) in [6.07, 6.45) is 4.65. The Labute approximate surface area is 223 Å². The number of benzene rings is 2. The second kappa shape index (κ2) is 11.4. The Bertz CT molecular complexity index is 1480. The fourth-order valence-corrected chi connectivity index (χ4v) is 6.53. The minimum atomic E-state index is -3.97. The number of anilines is 1. The number of hydrogen-bond donors (Lipinski definition) is 3. The summed E-state index contributed by atoms with van der Waals surface area (Å²) in [5.74, 6) is 0.365. The van der Waals surface area contributed by atoms with Crippen LogP contribution in [0.3, 0.4) is 0 Å². The van der Waals surface area contributed by atoms with Crippen LogP contribution in [-0.4, -0.2) is 65.9 Å². The van der Waals surface area contributed by atoms with Crippen LogP contribution in [0.5, 0.6) is 0 Å². The lowest BCUT2D eigenvalue weighted by atomic mass is 10.2. The Hall–Kier alpha value is -3.60. The van der Waals surface area contributed by atoms with Gasteiger partial charge in [0.15, 0.2) is 0 Å². The van der Waals surface area contributed by atoms with E-state index >= 15 is 0 Å².